The van der Waals surface area contributed by atoms with E-state index in [0.29, 0.717) is 36.3 Å². The van der Waals surface area contributed by atoms with Crippen LogP contribution in [0, 0.1) is 17.8 Å². The normalized spacial score (nSPS) is 40.0. The molecule has 20 heavy (non-hydrogen) atoms. The number of carbonyl (C=O) groups is 1. The van der Waals surface area contributed by atoms with Gasteiger partial charge in [-0.25, -0.2) is 0 Å². The van der Waals surface area contributed by atoms with Crippen LogP contribution < -0.4 is 10.6 Å². The number of amides is 1. The Labute approximate surface area is 121 Å². The van der Waals surface area contributed by atoms with E-state index in [0.717, 1.165) is 19.4 Å². The summed E-state index contributed by atoms with van der Waals surface area (Å²) in [7, 11) is 0. The number of hydrogen-bond donors (Lipinski definition) is 3. The van der Waals surface area contributed by atoms with Crippen molar-refractivity contribution < 1.29 is 9.90 Å². The summed E-state index contributed by atoms with van der Waals surface area (Å²) >= 11 is 0. The summed E-state index contributed by atoms with van der Waals surface area (Å²) in [4.78, 5) is 12.1. The van der Waals surface area contributed by atoms with Crippen LogP contribution in [0.4, 0.5) is 0 Å². The first-order valence-electron chi connectivity index (χ1n) is 8.38. The van der Waals surface area contributed by atoms with Gasteiger partial charge in [-0.05, 0) is 56.3 Å². The standard InChI is InChI=1S/C16H28N2O2/c19-10-13-3-1-2-12(13)9-17-16(20)8-11-6-14-4-5-15(7-11)18-14/h11-15,18-19H,1-10H2,(H,17,20). The first-order chi connectivity index (χ1) is 9.74. The zero-order chi connectivity index (χ0) is 13.9. The third-order valence-corrected chi connectivity index (χ3v) is 5.66. The Hall–Kier alpha value is -0.610. The van der Waals surface area contributed by atoms with Crippen LogP contribution in [-0.4, -0.2) is 36.2 Å². The minimum absolute atomic E-state index is 0.222. The monoisotopic (exact) mass is 280 g/mol. The highest BCUT2D eigenvalue weighted by molar-refractivity contribution is 5.76. The van der Waals surface area contributed by atoms with E-state index < -0.39 is 0 Å². The van der Waals surface area contributed by atoms with E-state index in [1.165, 1.54) is 32.1 Å². The van der Waals surface area contributed by atoms with E-state index in [9.17, 15) is 9.90 Å². The second-order valence-corrected chi connectivity index (χ2v) is 7.12. The summed E-state index contributed by atoms with van der Waals surface area (Å²) in [5, 5.41) is 16.0. The minimum Gasteiger partial charge on any atom is -0.396 e. The van der Waals surface area contributed by atoms with Gasteiger partial charge in [0.25, 0.3) is 0 Å². The number of hydrogen-bond acceptors (Lipinski definition) is 3. The fraction of sp³-hybridized carbons (Fsp3) is 0.938. The summed E-state index contributed by atoms with van der Waals surface area (Å²) in [5.41, 5.74) is 0. The number of nitrogens with one attached hydrogen (secondary N) is 2. The predicted octanol–water partition coefficient (Wildman–Crippen LogP) is 1.43. The quantitative estimate of drug-likeness (QED) is 0.714. The molecule has 2 heterocycles. The van der Waals surface area contributed by atoms with Gasteiger partial charge in [-0.1, -0.05) is 6.42 Å². The lowest BCUT2D eigenvalue weighted by Gasteiger charge is -2.28. The van der Waals surface area contributed by atoms with Gasteiger partial charge < -0.3 is 15.7 Å². The molecule has 2 saturated heterocycles. The Bertz CT molecular complexity index is 335. The largest absolute Gasteiger partial charge is 0.396 e. The summed E-state index contributed by atoms with van der Waals surface area (Å²) in [6.07, 6.45) is 9.11. The molecule has 0 aromatic carbocycles. The molecule has 4 unspecified atom stereocenters. The van der Waals surface area contributed by atoms with E-state index in [1.54, 1.807) is 0 Å². The minimum atomic E-state index is 0.222. The van der Waals surface area contributed by atoms with Gasteiger partial charge in [0, 0.05) is 31.7 Å². The first-order valence-corrected chi connectivity index (χ1v) is 8.38. The molecule has 114 valence electrons. The molecule has 1 amide bonds. The molecule has 3 rings (SSSR count). The van der Waals surface area contributed by atoms with Crippen molar-refractivity contribution in [1.82, 2.24) is 10.6 Å². The molecule has 0 radical (unpaired) electrons. The third kappa shape index (κ3) is 3.34. The van der Waals surface area contributed by atoms with Crippen LogP contribution >= 0.6 is 0 Å². The molecule has 3 N–H and O–H groups in total. The van der Waals surface area contributed by atoms with Gasteiger partial charge in [-0.15, -0.1) is 0 Å². The number of rotatable bonds is 5. The van der Waals surface area contributed by atoms with Crippen molar-refractivity contribution in [2.75, 3.05) is 13.2 Å². The van der Waals surface area contributed by atoms with Gasteiger partial charge in [0.1, 0.15) is 0 Å². The van der Waals surface area contributed by atoms with Crippen molar-refractivity contribution in [3.63, 3.8) is 0 Å². The van der Waals surface area contributed by atoms with Gasteiger partial charge in [-0.2, -0.15) is 0 Å². The molecule has 0 aromatic rings. The summed E-state index contributed by atoms with van der Waals surface area (Å²) in [6.45, 7) is 1.04. The highest BCUT2D eigenvalue weighted by Crippen LogP contribution is 2.33. The smallest absolute Gasteiger partial charge is 0.220 e. The predicted molar refractivity (Wildman–Crippen MR) is 78.2 cm³/mol. The molecule has 0 aromatic heterocycles. The maximum absolute atomic E-state index is 12.1. The van der Waals surface area contributed by atoms with Crippen LogP contribution in [0.25, 0.3) is 0 Å². The zero-order valence-electron chi connectivity index (χ0n) is 12.3. The lowest BCUT2D eigenvalue weighted by atomic mass is 9.89. The van der Waals surface area contributed by atoms with E-state index in [2.05, 4.69) is 10.6 Å². The molecule has 2 aliphatic heterocycles. The maximum atomic E-state index is 12.1. The fourth-order valence-corrected chi connectivity index (χ4v) is 4.54. The van der Waals surface area contributed by atoms with Crippen molar-refractivity contribution in [3.8, 4) is 0 Å². The van der Waals surface area contributed by atoms with E-state index in [1.807, 2.05) is 0 Å². The van der Waals surface area contributed by atoms with E-state index in [-0.39, 0.29) is 12.5 Å². The molecule has 4 atom stereocenters. The summed E-state index contributed by atoms with van der Waals surface area (Å²) in [5.74, 6) is 1.70. The zero-order valence-corrected chi connectivity index (χ0v) is 12.3. The fourth-order valence-electron chi connectivity index (χ4n) is 4.54. The average molecular weight is 280 g/mol. The second kappa shape index (κ2) is 6.44. The number of piperidine rings is 1. The van der Waals surface area contributed by atoms with Crippen LogP contribution in [0.1, 0.15) is 51.4 Å². The highest BCUT2D eigenvalue weighted by Gasteiger charge is 2.34. The number of fused-ring (bicyclic) bond motifs is 2. The van der Waals surface area contributed by atoms with Gasteiger partial charge >= 0.3 is 0 Å². The topological polar surface area (TPSA) is 61.4 Å². The molecule has 1 saturated carbocycles. The Morgan fingerprint density at radius 3 is 2.50 bits per heavy atom. The molecule has 3 fully saturated rings. The van der Waals surface area contributed by atoms with Gasteiger partial charge in [0.05, 0.1) is 0 Å². The Morgan fingerprint density at radius 2 is 1.80 bits per heavy atom. The lowest BCUT2D eigenvalue weighted by Crippen LogP contribution is -2.40. The lowest BCUT2D eigenvalue weighted by molar-refractivity contribution is -0.122. The Morgan fingerprint density at radius 1 is 1.10 bits per heavy atom. The maximum Gasteiger partial charge on any atom is 0.220 e. The van der Waals surface area contributed by atoms with E-state index in [4.69, 9.17) is 0 Å². The molecular formula is C16H28N2O2. The van der Waals surface area contributed by atoms with Crippen molar-refractivity contribution in [2.24, 2.45) is 17.8 Å². The Balaban J connectivity index is 1.39. The molecule has 3 aliphatic rings. The molecular weight excluding hydrogens is 252 g/mol. The van der Waals surface area contributed by atoms with Crippen LogP contribution in [0.15, 0.2) is 0 Å². The van der Waals surface area contributed by atoms with Gasteiger partial charge in [-0.3, -0.25) is 4.79 Å². The van der Waals surface area contributed by atoms with E-state index >= 15 is 0 Å². The van der Waals surface area contributed by atoms with Crippen LogP contribution in [0.5, 0.6) is 0 Å². The van der Waals surface area contributed by atoms with Crippen molar-refractivity contribution >= 4 is 5.91 Å². The first kappa shape index (κ1) is 14.3. The average Bonchev–Trinajstić information content (AvgIpc) is 3.02. The highest BCUT2D eigenvalue weighted by atomic mass is 16.3. The molecule has 0 spiro atoms. The molecule has 4 nitrogen and oxygen atoms in total. The summed E-state index contributed by atoms with van der Waals surface area (Å²) in [6, 6.07) is 1.33. The van der Waals surface area contributed by atoms with Crippen LogP contribution in [-0.2, 0) is 4.79 Å². The Kier molecular flexibility index (Phi) is 4.61. The molecule has 1 aliphatic carbocycles. The van der Waals surface area contributed by atoms with Crippen LogP contribution in [0.3, 0.4) is 0 Å². The van der Waals surface area contributed by atoms with Crippen molar-refractivity contribution in [2.45, 2.75) is 63.5 Å². The van der Waals surface area contributed by atoms with Crippen molar-refractivity contribution in [1.29, 1.82) is 0 Å². The third-order valence-electron chi connectivity index (χ3n) is 5.66. The second-order valence-electron chi connectivity index (χ2n) is 7.12. The SMILES string of the molecule is O=C(CC1CC2CCC(C1)N2)NCC1CCCC1CO. The number of aliphatic hydroxyl groups excluding tert-OH is 1. The number of carbonyl (C=O) groups excluding carboxylic acids is 1. The summed E-state index contributed by atoms with van der Waals surface area (Å²) < 4.78 is 0. The molecule has 2 bridgehead atoms. The van der Waals surface area contributed by atoms with Gasteiger partial charge in [0.2, 0.25) is 5.91 Å². The number of aliphatic hydroxyl groups is 1. The van der Waals surface area contributed by atoms with Crippen molar-refractivity contribution in [3.05, 3.63) is 0 Å². The molecule has 4 heteroatoms. The van der Waals surface area contributed by atoms with Crippen LogP contribution in [0.2, 0.25) is 0 Å². The van der Waals surface area contributed by atoms with Gasteiger partial charge in [0.15, 0.2) is 0 Å².